The molecule has 2 aromatic heterocycles. The van der Waals surface area contributed by atoms with Crippen LogP contribution in [0.25, 0.3) is 10.9 Å². The number of rotatable bonds is 3. The molecule has 0 unspecified atom stereocenters. The van der Waals surface area contributed by atoms with Gasteiger partial charge in [-0.15, -0.1) is 0 Å². The highest BCUT2D eigenvalue weighted by Crippen LogP contribution is 2.16. The third-order valence-corrected chi connectivity index (χ3v) is 2.64. The molecule has 2 heterocycles. The van der Waals surface area contributed by atoms with E-state index < -0.39 is 0 Å². The number of amides is 1. The molecular weight excluding hydrogens is 230 g/mol. The molecule has 18 heavy (non-hydrogen) atoms. The zero-order valence-electron chi connectivity index (χ0n) is 9.47. The number of aromatic nitrogens is 4. The van der Waals surface area contributed by atoms with Gasteiger partial charge in [0.1, 0.15) is 0 Å². The summed E-state index contributed by atoms with van der Waals surface area (Å²) in [6.07, 6.45) is 3.64. The minimum absolute atomic E-state index is 0.0851. The predicted molar refractivity (Wildman–Crippen MR) is 67.0 cm³/mol. The summed E-state index contributed by atoms with van der Waals surface area (Å²) < 4.78 is 0. The first kappa shape index (κ1) is 10.5. The number of hydrogen-bond acceptors (Lipinski definition) is 3. The van der Waals surface area contributed by atoms with Crippen molar-refractivity contribution in [3.8, 4) is 0 Å². The number of benzene rings is 1. The lowest BCUT2D eigenvalue weighted by Crippen LogP contribution is -2.14. The van der Waals surface area contributed by atoms with Gasteiger partial charge in [0.25, 0.3) is 0 Å². The van der Waals surface area contributed by atoms with Gasteiger partial charge in [-0.3, -0.25) is 15.0 Å². The lowest BCUT2D eigenvalue weighted by atomic mass is 10.2. The van der Waals surface area contributed by atoms with Crippen LogP contribution in [0.5, 0.6) is 0 Å². The van der Waals surface area contributed by atoms with E-state index in [0.29, 0.717) is 0 Å². The topological polar surface area (TPSA) is 86.5 Å². The molecule has 0 spiro atoms. The number of fused-ring (bicyclic) bond motifs is 1. The van der Waals surface area contributed by atoms with Crippen molar-refractivity contribution in [3.05, 3.63) is 42.4 Å². The molecule has 3 N–H and O–H groups in total. The summed E-state index contributed by atoms with van der Waals surface area (Å²) in [5.41, 5.74) is 2.43. The Labute approximate surface area is 102 Å². The molecule has 0 fully saturated rings. The normalized spacial score (nSPS) is 10.7. The van der Waals surface area contributed by atoms with E-state index in [-0.39, 0.29) is 12.3 Å². The van der Waals surface area contributed by atoms with Gasteiger partial charge in [-0.25, -0.2) is 0 Å². The average Bonchev–Trinajstić information content (AvgIpc) is 2.98. The zero-order valence-corrected chi connectivity index (χ0v) is 9.47. The van der Waals surface area contributed by atoms with Crippen LogP contribution in [-0.4, -0.2) is 26.3 Å². The zero-order chi connectivity index (χ0) is 12.4. The first-order valence-corrected chi connectivity index (χ1v) is 5.52. The lowest BCUT2D eigenvalue weighted by molar-refractivity contribution is -0.115. The number of aromatic amines is 2. The van der Waals surface area contributed by atoms with E-state index in [2.05, 4.69) is 25.7 Å². The molecule has 6 heteroatoms. The van der Waals surface area contributed by atoms with Crippen LogP contribution in [0.2, 0.25) is 0 Å². The van der Waals surface area contributed by atoms with Crippen molar-refractivity contribution in [2.24, 2.45) is 0 Å². The molecule has 0 atom stereocenters. The SMILES string of the molecule is O=C(Cc1ccn[nH]1)Nc1ccc2cn[nH]c2c1. The molecule has 1 aromatic carbocycles. The summed E-state index contributed by atoms with van der Waals surface area (Å²) in [5, 5.41) is 17.2. The van der Waals surface area contributed by atoms with Crippen molar-refractivity contribution in [2.75, 3.05) is 5.32 Å². The molecule has 0 saturated heterocycles. The van der Waals surface area contributed by atoms with E-state index in [1.807, 2.05) is 18.2 Å². The van der Waals surface area contributed by atoms with E-state index in [1.165, 1.54) is 0 Å². The average molecular weight is 241 g/mol. The second-order valence-electron chi connectivity index (χ2n) is 3.98. The van der Waals surface area contributed by atoms with Gasteiger partial charge in [0.2, 0.25) is 5.91 Å². The van der Waals surface area contributed by atoms with Crippen LogP contribution in [0.4, 0.5) is 5.69 Å². The van der Waals surface area contributed by atoms with E-state index in [0.717, 1.165) is 22.3 Å². The van der Waals surface area contributed by atoms with Gasteiger partial charge in [-0.05, 0) is 24.3 Å². The number of anilines is 1. The third kappa shape index (κ3) is 2.08. The van der Waals surface area contributed by atoms with E-state index in [1.54, 1.807) is 18.5 Å². The predicted octanol–water partition coefficient (Wildman–Crippen LogP) is 1.47. The largest absolute Gasteiger partial charge is 0.326 e. The fraction of sp³-hybridized carbons (Fsp3) is 0.0833. The first-order chi connectivity index (χ1) is 8.81. The summed E-state index contributed by atoms with van der Waals surface area (Å²) in [4.78, 5) is 11.8. The number of carbonyl (C=O) groups is 1. The fourth-order valence-corrected chi connectivity index (χ4v) is 1.78. The highest BCUT2D eigenvalue weighted by atomic mass is 16.1. The van der Waals surface area contributed by atoms with Crippen LogP contribution < -0.4 is 5.32 Å². The number of hydrogen-bond donors (Lipinski definition) is 3. The second kappa shape index (κ2) is 4.33. The van der Waals surface area contributed by atoms with Gasteiger partial charge in [0, 0.05) is 23.0 Å². The van der Waals surface area contributed by atoms with Crippen molar-refractivity contribution >= 4 is 22.5 Å². The molecule has 0 bridgehead atoms. The molecule has 3 aromatic rings. The Morgan fingerprint density at radius 2 is 2.17 bits per heavy atom. The Morgan fingerprint density at radius 1 is 1.22 bits per heavy atom. The third-order valence-electron chi connectivity index (χ3n) is 2.64. The molecule has 90 valence electrons. The van der Waals surface area contributed by atoms with Gasteiger partial charge < -0.3 is 5.32 Å². The molecular formula is C12H11N5O. The van der Waals surface area contributed by atoms with Crippen molar-refractivity contribution in [1.82, 2.24) is 20.4 Å². The van der Waals surface area contributed by atoms with Gasteiger partial charge in [0.15, 0.2) is 0 Å². The van der Waals surface area contributed by atoms with Crippen LogP contribution >= 0.6 is 0 Å². The Balaban J connectivity index is 1.73. The summed E-state index contributed by atoms with van der Waals surface area (Å²) in [5.74, 6) is -0.0851. The maximum absolute atomic E-state index is 11.8. The first-order valence-electron chi connectivity index (χ1n) is 5.52. The Bertz CT molecular complexity index is 671. The Morgan fingerprint density at radius 3 is 3.00 bits per heavy atom. The van der Waals surface area contributed by atoms with Crippen LogP contribution in [0, 0.1) is 0 Å². The maximum Gasteiger partial charge on any atom is 0.230 e. The Kier molecular flexibility index (Phi) is 2.53. The van der Waals surface area contributed by atoms with Gasteiger partial charge in [-0.1, -0.05) is 0 Å². The van der Waals surface area contributed by atoms with E-state index in [9.17, 15) is 4.79 Å². The summed E-state index contributed by atoms with van der Waals surface area (Å²) in [6.45, 7) is 0. The minimum atomic E-state index is -0.0851. The quantitative estimate of drug-likeness (QED) is 0.649. The van der Waals surface area contributed by atoms with Crippen LogP contribution in [-0.2, 0) is 11.2 Å². The van der Waals surface area contributed by atoms with Crippen LogP contribution in [0.3, 0.4) is 0 Å². The van der Waals surface area contributed by atoms with Crippen molar-refractivity contribution in [3.63, 3.8) is 0 Å². The second-order valence-corrected chi connectivity index (χ2v) is 3.98. The maximum atomic E-state index is 11.8. The van der Waals surface area contributed by atoms with Crippen LogP contribution in [0.15, 0.2) is 36.7 Å². The molecule has 0 saturated carbocycles. The summed E-state index contributed by atoms with van der Waals surface area (Å²) in [7, 11) is 0. The molecule has 0 aliphatic carbocycles. The Hall–Kier alpha value is -2.63. The smallest absolute Gasteiger partial charge is 0.230 e. The van der Waals surface area contributed by atoms with E-state index >= 15 is 0 Å². The monoisotopic (exact) mass is 241 g/mol. The molecule has 1 amide bonds. The molecule has 3 rings (SSSR count). The van der Waals surface area contributed by atoms with Crippen molar-refractivity contribution < 1.29 is 4.79 Å². The fourth-order valence-electron chi connectivity index (χ4n) is 1.78. The van der Waals surface area contributed by atoms with Crippen LogP contribution in [0.1, 0.15) is 5.69 Å². The number of carbonyl (C=O) groups excluding carboxylic acids is 1. The number of nitrogens with zero attached hydrogens (tertiary/aromatic N) is 2. The lowest BCUT2D eigenvalue weighted by Gasteiger charge is -2.04. The molecule has 0 aliphatic rings. The summed E-state index contributed by atoms with van der Waals surface area (Å²) in [6, 6.07) is 7.39. The van der Waals surface area contributed by atoms with Gasteiger partial charge in [-0.2, -0.15) is 10.2 Å². The molecule has 0 aliphatic heterocycles. The number of H-pyrrole nitrogens is 2. The van der Waals surface area contributed by atoms with Crippen molar-refractivity contribution in [2.45, 2.75) is 6.42 Å². The number of nitrogens with one attached hydrogen (secondary N) is 3. The minimum Gasteiger partial charge on any atom is -0.326 e. The molecule has 6 nitrogen and oxygen atoms in total. The molecule has 0 radical (unpaired) electrons. The highest BCUT2D eigenvalue weighted by Gasteiger charge is 2.05. The van der Waals surface area contributed by atoms with E-state index in [4.69, 9.17) is 0 Å². The van der Waals surface area contributed by atoms with Gasteiger partial charge >= 0.3 is 0 Å². The highest BCUT2D eigenvalue weighted by molar-refractivity contribution is 5.94. The summed E-state index contributed by atoms with van der Waals surface area (Å²) >= 11 is 0. The van der Waals surface area contributed by atoms with Crippen molar-refractivity contribution in [1.29, 1.82) is 0 Å². The standard InChI is InChI=1S/C12H11N5O/c18-12(6-10-3-4-13-16-10)15-9-2-1-8-7-14-17-11(8)5-9/h1-5,7H,6H2,(H,13,16)(H,14,17)(H,15,18). The van der Waals surface area contributed by atoms with Gasteiger partial charge in [0.05, 0.1) is 18.1 Å².